The predicted molar refractivity (Wildman–Crippen MR) is 70.2 cm³/mol. The average molecular weight is 255 g/mol. The third-order valence-corrected chi connectivity index (χ3v) is 3.02. The summed E-state index contributed by atoms with van der Waals surface area (Å²) in [4.78, 5) is 0. The molecule has 0 saturated carbocycles. The van der Waals surface area contributed by atoms with Crippen molar-refractivity contribution in [3.05, 3.63) is 5.82 Å². The maximum Gasteiger partial charge on any atom is 0.167 e. The second kappa shape index (κ2) is 6.80. The van der Waals surface area contributed by atoms with E-state index in [0.717, 1.165) is 31.9 Å². The monoisotopic (exact) mass is 255 g/mol. The first-order valence-electron chi connectivity index (χ1n) is 6.48. The topological polar surface area (TPSA) is 64.9 Å². The summed E-state index contributed by atoms with van der Waals surface area (Å²) in [5.74, 6) is 0.891. The van der Waals surface area contributed by atoms with Crippen LogP contribution in [0.1, 0.15) is 46.0 Å². The van der Waals surface area contributed by atoms with Crippen LogP contribution in [0, 0.1) is 5.41 Å². The van der Waals surface area contributed by atoms with Gasteiger partial charge in [-0.25, -0.2) is 4.68 Å². The van der Waals surface area contributed by atoms with Crippen LogP contribution in [0.25, 0.3) is 0 Å². The van der Waals surface area contributed by atoms with Crippen molar-refractivity contribution in [1.29, 1.82) is 0 Å². The van der Waals surface area contributed by atoms with E-state index in [1.807, 2.05) is 4.68 Å². The molecule has 1 heterocycles. The van der Waals surface area contributed by atoms with Crippen LogP contribution in [-0.2, 0) is 11.3 Å². The second-order valence-electron chi connectivity index (χ2n) is 5.38. The molecular weight excluding hydrogens is 230 g/mol. The van der Waals surface area contributed by atoms with Crippen LogP contribution in [0.4, 0.5) is 0 Å². The summed E-state index contributed by atoms with van der Waals surface area (Å²) >= 11 is 0. The van der Waals surface area contributed by atoms with Gasteiger partial charge in [0, 0.05) is 13.7 Å². The molecule has 104 valence electrons. The van der Waals surface area contributed by atoms with Crippen molar-refractivity contribution in [2.45, 2.75) is 46.7 Å². The van der Waals surface area contributed by atoms with Crippen LogP contribution in [0.3, 0.4) is 0 Å². The van der Waals surface area contributed by atoms with E-state index >= 15 is 0 Å². The number of rotatable bonds is 8. The Bertz CT molecular complexity index is 350. The van der Waals surface area contributed by atoms with Crippen LogP contribution in [0.2, 0.25) is 0 Å². The van der Waals surface area contributed by atoms with Crippen molar-refractivity contribution < 1.29 is 4.74 Å². The smallest absolute Gasteiger partial charge is 0.167 e. The highest BCUT2D eigenvalue weighted by Crippen LogP contribution is 2.23. The summed E-state index contributed by atoms with van der Waals surface area (Å²) in [6.07, 6.45) is 0.985. The fourth-order valence-electron chi connectivity index (χ4n) is 1.89. The highest BCUT2D eigenvalue weighted by molar-refractivity contribution is 4.90. The van der Waals surface area contributed by atoms with Gasteiger partial charge in [0.05, 0.1) is 12.6 Å². The third-order valence-electron chi connectivity index (χ3n) is 3.02. The lowest BCUT2D eigenvalue weighted by atomic mass is 9.90. The normalized spacial score (nSPS) is 13.8. The van der Waals surface area contributed by atoms with Gasteiger partial charge < -0.3 is 10.1 Å². The summed E-state index contributed by atoms with van der Waals surface area (Å²) in [6.45, 7) is 11.0. The molecule has 6 heteroatoms. The van der Waals surface area contributed by atoms with Gasteiger partial charge in [-0.3, -0.25) is 0 Å². The zero-order chi connectivity index (χ0) is 13.6. The number of hydrogen-bond donors (Lipinski definition) is 1. The minimum atomic E-state index is 0.117. The van der Waals surface area contributed by atoms with E-state index in [-0.39, 0.29) is 11.5 Å². The Morgan fingerprint density at radius 3 is 2.78 bits per heavy atom. The molecule has 1 unspecified atom stereocenters. The van der Waals surface area contributed by atoms with Crippen LogP contribution in [-0.4, -0.2) is 40.5 Å². The first-order valence-corrected chi connectivity index (χ1v) is 6.48. The Morgan fingerprint density at radius 1 is 1.44 bits per heavy atom. The Balaban J connectivity index is 2.69. The van der Waals surface area contributed by atoms with E-state index in [1.54, 1.807) is 7.11 Å². The number of hydrogen-bond acceptors (Lipinski definition) is 5. The first-order chi connectivity index (χ1) is 8.50. The molecule has 6 nitrogen and oxygen atoms in total. The van der Waals surface area contributed by atoms with E-state index in [4.69, 9.17) is 4.74 Å². The van der Waals surface area contributed by atoms with E-state index in [2.05, 4.69) is 48.5 Å². The highest BCUT2D eigenvalue weighted by Gasteiger charge is 2.22. The zero-order valence-corrected chi connectivity index (χ0v) is 12.1. The minimum absolute atomic E-state index is 0.117. The van der Waals surface area contributed by atoms with Gasteiger partial charge in [0.15, 0.2) is 5.82 Å². The lowest BCUT2D eigenvalue weighted by molar-refractivity contribution is 0.138. The Labute approximate surface area is 109 Å². The van der Waals surface area contributed by atoms with Gasteiger partial charge >= 0.3 is 0 Å². The maximum absolute atomic E-state index is 5.14. The van der Waals surface area contributed by atoms with Gasteiger partial charge in [-0.1, -0.05) is 20.8 Å². The number of nitrogens with one attached hydrogen (secondary N) is 1. The summed E-state index contributed by atoms with van der Waals surface area (Å²) in [6, 6.07) is 0.170. The SMILES string of the molecule is CCNC(C)c1nnnn1CC(C)(C)CCOC. The molecule has 0 aromatic carbocycles. The van der Waals surface area contributed by atoms with Crippen molar-refractivity contribution in [3.63, 3.8) is 0 Å². The van der Waals surface area contributed by atoms with Gasteiger partial charge in [-0.05, 0) is 35.7 Å². The Kier molecular flexibility index (Phi) is 5.68. The standard InChI is InChI=1S/C12H25N5O/c1-6-13-10(2)11-14-15-16-17(11)9-12(3,4)7-8-18-5/h10,13H,6-9H2,1-5H3. The van der Waals surface area contributed by atoms with Crippen LogP contribution < -0.4 is 5.32 Å². The molecule has 0 radical (unpaired) electrons. The molecule has 0 aliphatic carbocycles. The molecule has 0 amide bonds. The molecule has 1 N–H and O–H groups in total. The summed E-state index contributed by atoms with van der Waals surface area (Å²) < 4.78 is 7.03. The second-order valence-corrected chi connectivity index (χ2v) is 5.38. The number of tetrazole rings is 1. The van der Waals surface area contributed by atoms with Crippen LogP contribution in [0.5, 0.6) is 0 Å². The van der Waals surface area contributed by atoms with E-state index in [1.165, 1.54) is 0 Å². The molecule has 1 aromatic heterocycles. The number of ether oxygens (including phenoxy) is 1. The van der Waals surface area contributed by atoms with Crippen molar-refractivity contribution in [2.24, 2.45) is 5.41 Å². The van der Waals surface area contributed by atoms with Crippen LogP contribution in [0.15, 0.2) is 0 Å². The Hall–Kier alpha value is -1.01. The van der Waals surface area contributed by atoms with E-state index in [0.29, 0.717) is 0 Å². The van der Waals surface area contributed by atoms with E-state index in [9.17, 15) is 0 Å². The van der Waals surface area contributed by atoms with Gasteiger partial charge in [-0.15, -0.1) is 5.10 Å². The fourth-order valence-corrected chi connectivity index (χ4v) is 1.89. The number of aromatic nitrogens is 4. The largest absolute Gasteiger partial charge is 0.385 e. The molecule has 1 atom stereocenters. The predicted octanol–water partition coefficient (Wildman–Crippen LogP) is 1.41. The summed E-state index contributed by atoms with van der Waals surface area (Å²) in [5.41, 5.74) is 0.117. The lowest BCUT2D eigenvalue weighted by Gasteiger charge is -2.25. The third kappa shape index (κ3) is 4.34. The maximum atomic E-state index is 5.14. The van der Waals surface area contributed by atoms with Crippen molar-refractivity contribution in [1.82, 2.24) is 25.5 Å². The minimum Gasteiger partial charge on any atom is -0.385 e. The van der Waals surface area contributed by atoms with Crippen LogP contribution >= 0.6 is 0 Å². The van der Waals surface area contributed by atoms with E-state index < -0.39 is 0 Å². The molecule has 0 spiro atoms. The fraction of sp³-hybridized carbons (Fsp3) is 0.917. The quantitative estimate of drug-likeness (QED) is 0.761. The molecule has 0 bridgehead atoms. The molecule has 1 rings (SSSR count). The summed E-state index contributed by atoms with van der Waals surface area (Å²) in [7, 11) is 1.73. The molecule has 0 fully saturated rings. The molecule has 0 aliphatic heterocycles. The molecule has 18 heavy (non-hydrogen) atoms. The van der Waals surface area contributed by atoms with Gasteiger partial charge in [-0.2, -0.15) is 0 Å². The number of methoxy groups -OCH3 is 1. The molecule has 0 saturated heterocycles. The first kappa shape index (κ1) is 15.0. The molecule has 0 aliphatic rings. The van der Waals surface area contributed by atoms with Crippen molar-refractivity contribution >= 4 is 0 Å². The average Bonchev–Trinajstić information content (AvgIpc) is 2.74. The summed E-state index contributed by atoms with van der Waals surface area (Å²) in [5, 5.41) is 15.3. The number of nitrogens with zero attached hydrogens (tertiary/aromatic N) is 4. The zero-order valence-electron chi connectivity index (χ0n) is 12.1. The van der Waals surface area contributed by atoms with Gasteiger partial charge in [0.1, 0.15) is 0 Å². The van der Waals surface area contributed by atoms with Gasteiger partial charge in [0.2, 0.25) is 0 Å². The van der Waals surface area contributed by atoms with Gasteiger partial charge in [0.25, 0.3) is 0 Å². The molecule has 1 aromatic rings. The Morgan fingerprint density at radius 2 is 2.17 bits per heavy atom. The highest BCUT2D eigenvalue weighted by atomic mass is 16.5. The lowest BCUT2D eigenvalue weighted by Crippen LogP contribution is -2.27. The van der Waals surface area contributed by atoms with Crippen molar-refractivity contribution in [3.8, 4) is 0 Å². The molecular formula is C12H25N5O. The van der Waals surface area contributed by atoms with Crippen molar-refractivity contribution in [2.75, 3.05) is 20.3 Å².